The van der Waals surface area contributed by atoms with Crippen molar-refractivity contribution in [2.45, 2.75) is 0 Å². The summed E-state index contributed by atoms with van der Waals surface area (Å²) in [6.45, 7) is 0. The Labute approximate surface area is 37.4 Å². The Bertz CT molecular complexity index is 9.61. The Morgan fingerprint density at radius 1 is 1.00 bits per heavy atom. The van der Waals surface area contributed by atoms with Crippen LogP contribution in [-0.2, 0) is 0 Å². The molecule has 0 atom stereocenters. The summed E-state index contributed by atoms with van der Waals surface area (Å²) in [5.41, 5.74) is 0. The van der Waals surface area contributed by atoms with Gasteiger partial charge in [0.15, 0.2) is 0 Å². The molecule has 0 aliphatic rings. The van der Waals surface area contributed by atoms with E-state index >= 15 is 0 Å². The van der Waals surface area contributed by atoms with Crippen molar-refractivity contribution in [3.63, 3.8) is 0 Å². The zero-order valence-corrected chi connectivity index (χ0v) is 3.46. The summed E-state index contributed by atoms with van der Waals surface area (Å²) >= 11 is 0. The van der Waals surface area contributed by atoms with Crippen molar-refractivity contribution in [1.29, 1.82) is 0 Å². The van der Waals surface area contributed by atoms with Crippen molar-refractivity contribution in [3.05, 3.63) is 0 Å². The van der Waals surface area contributed by atoms with Gasteiger partial charge in [-0.3, -0.25) is 0 Å². The van der Waals surface area contributed by atoms with Crippen LogP contribution in [0.5, 0.6) is 0 Å². The van der Waals surface area contributed by atoms with Gasteiger partial charge in [-0.2, -0.15) is 0 Å². The second kappa shape index (κ2) is 4.31. The number of nitrogens with two attached hydrogens (primary N) is 3. The minimum Gasteiger partial charge on any atom is -0.330 e. The maximum Gasteiger partial charge on any atom is 0.256 e. The normalized spacial score (nSPS) is 7.20. The zero-order valence-electron chi connectivity index (χ0n) is 2.31. The molecule has 0 heterocycles. The fraction of sp³-hybridized carbons (Fsp3) is 0. The quantitative estimate of drug-likeness (QED) is 0.279. The third-order valence-corrected chi connectivity index (χ3v) is 0. The molecule has 5 heteroatoms. The first-order valence-electron chi connectivity index (χ1n) is 1.00. The molecule has 0 aromatic rings. The topological polar surface area (TPSA) is 78.1 Å². The molecule has 34 valence electrons. The van der Waals surface area contributed by atoms with Crippen LogP contribution in [0.3, 0.4) is 0 Å². The van der Waals surface area contributed by atoms with E-state index in [1.807, 2.05) is 0 Å². The summed E-state index contributed by atoms with van der Waals surface area (Å²) in [5, 5.41) is 14.4. The van der Waals surface area contributed by atoms with Gasteiger partial charge in [0.25, 0.3) is 9.28 Å². The molecule has 5 heavy (non-hydrogen) atoms. The van der Waals surface area contributed by atoms with Gasteiger partial charge < -0.3 is 16.2 Å². The Hall–Kier alpha value is 0.314. The predicted octanol–water partition coefficient (Wildman–Crippen LogP) is -3.87. The van der Waals surface area contributed by atoms with E-state index in [1.54, 1.807) is 0 Å². The highest BCUT2D eigenvalue weighted by molar-refractivity contribution is 6.47. The summed E-state index contributed by atoms with van der Waals surface area (Å²) < 4.78 is 0. The van der Waals surface area contributed by atoms with Crippen LogP contribution in [0.2, 0.25) is 0 Å². The van der Waals surface area contributed by atoms with Gasteiger partial charge in [0.05, 0.1) is 0 Å². The van der Waals surface area contributed by atoms with Gasteiger partial charge in [-0.05, 0) is 11.0 Å². The molecule has 0 aromatic carbocycles. The highest BCUT2D eigenvalue weighted by Crippen LogP contribution is 1.06. The van der Waals surface area contributed by atoms with Crippen LogP contribution < -0.4 is 16.2 Å². The van der Waals surface area contributed by atoms with Gasteiger partial charge in [-0.25, -0.2) is 0 Å². The maximum absolute atomic E-state index is 4.81. The molecule has 0 saturated carbocycles. The molecule has 0 bridgehead atoms. The van der Waals surface area contributed by atoms with Crippen LogP contribution in [0.25, 0.3) is 0 Å². The van der Waals surface area contributed by atoms with Gasteiger partial charge in [0.1, 0.15) is 0 Å². The predicted molar refractivity (Wildman–Crippen MR) is 31.0 cm³/mol. The van der Waals surface area contributed by atoms with Crippen molar-refractivity contribution in [2.75, 3.05) is 0 Å². The fourth-order valence-electron chi connectivity index (χ4n) is 0. The smallest absolute Gasteiger partial charge is 0.256 e. The van der Waals surface area contributed by atoms with Crippen molar-refractivity contribution >= 4 is 20.2 Å². The molecule has 0 amide bonds. The molecule has 0 radical (unpaired) electrons. The largest absolute Gasteiger partial charge is 0.330 e. The third kappa shape index (κ3) is 235. The molecule has 6 N–H and O–H groups in total. The Morgan fingerprint density at radius 3 is 1.00 bits per heavy atom. The van der Waals surface area contributed by atoms with E-state index in [4.69, 9.17) is 16.2 Å². The van der Waals surface area contributed by atoms with Crippen LogP contribution >= 0.6 is 0 Å². The monoisotopic (exact) mass is 109 g/mol. The molecule has 0 saturated heterocycles. The molecular weight excluding hydrogens is 98.2 g/mol. The average Bonchev–Trinajstić information content (AvgIpc) is 0.811. The van der Waals surface area contributed by atoms with Gasteiger partial charge in [-0.15, -0.1) is 0 Å². The number of hydrogen-bond donors (Lipinski definition) is 3. The van der Waals surface area contributed by atoms with Crippen LogP contribution in [0.1, 0.15) is 0 Å². The molecule has 0 aliphatic carbocycles. The lowest BCUT2D eigenvalue weighted by molar-refractivity contribution is 1.55. The summed E-state index contributed by atoms with van der Waals surface area (Å²) in [6.07, 6.45) is 0. The fourth-order valence-corrected chi connectivity index (χ4v) is 0. The second-order valence-corrected chi connectivity index (χ2v) is 1.73. The van der Waals surface area contributed by atoms with Gasteiger partial charge in [-0.1, -0.05) is 0 Å². The summed E-state index contributed by atoms with van der Waals surface area (Å²) in [7, 11) is -1.64. The Kier molecular flexibility index (Phi) is 7.77. The van der Waals surface area contributed by atoms with Gasteiger partial charge in [0, 0.05) is 0 Å². The molecule has 0 spiro atoms. The highest BCUT2D eigenvalue weighted by atomic mass is 28.3. The number of hydrogen-bond acceptors (Lipinski definition) is 3. The molecule has 3 nitrogen and oxygen atoms in total. The molecule has 0 unspecified atom stereocenters. The van der Waals surface area contributed by atoms with E-state index in [9.17, 15) is 0 Å². The first-order valence-corrected chi connectivity index (χ1v) is 3.00. The standard InChI is InChI=1S/H7N3Si.H4Si/c1-4(2)3;/h4H,1-3H2;1H4. The van der Waals surface area contributed by atoms with Crippen molar-refractivity contribution in [1.82, 2.24) is 0 Å². The summed E-state index contributed by atoms with van der Waals surface area (Å²) in [5.74, 6) is 0. The lowest BCUT2D eigenvalue weighted by Crippen LogP contribution is -2.46. The van der Waals surface area contributed by atoms with E-state index in [1.165, 1.54) is 0 Å². The van der Waals surface area contributed by atoms with E-state index in [0.717, 1.165) is 0 Å². The van der Waals surface area contributed by atoms with Crippen LogP contribution in [-0.4, -0.2) is 20.2 Å². The molecule has 0 aromatic heterocycles. The third-order valence-electron chi connectivity index (χ3n) is 0. The average molecular weight is 109 g/mol. The molecule has 0 rings (SSSR count). The second-order valence-electron chi connectivity index (χ2n) is 0.577. The minimum atomic E-state index is -1.64. The van der Waals surface area contributed by atoms with E-state index in [0.29, 0.717) is 0 Å². The summed E-state index contributed by atoms with van der Waals surface area (Å²) in [6, 6.07) is 0. The lowest BCUT2D eigenvalue weighted by atomic mass is 13.8. The first kappa shape index (κ1) is 9.00. The molecule has 0 fully saturated rings. The summed E-state index contributed by atoms with van der Waals surface area (Å²) in [4.78, 5) is 0. The van der Waals surface area contributed by atoms with Gasteiger partial charge >= 0.3 is 0 Å². The van der Waals surface area contributed by atoms with Crippen molar-refractivity contribution in [3.8, 4) is 0 Å². The highest BCUT2D eigenvalue weighted by Gasteiger charge is 1.72. The van der Waals surface area contributed by atoms with Crippen LogP contribution in [0, 0.1) is 0 Å². The minimum absolute atomic E-state index is 0. The Morgan fingerprint density at radius 2 is 1.00 bits per heavy atom. The first-order chi connectivity index (χ1) is 1.73. The van der Waals surface area contributed by atoms with Crippen molar-refractivity contribution in [2.24, 2.45) is 16.2 Å². The van der Waals surface area contributed by atoms with E-state index in [-0.39, 0.29) is 11.0 Å². The number of rotatable bonds is 0. The van der Waals surface area contributed by atoms with Crippen molar-refractivity contribution < 1.29 is 0 Å². The molecular formula is H11N3Si2. The molecule has 0 aliphatic heterocycles. The van der Waals surface area contributed by atoms with E-state index < -0.39 is 9.28 Å². The van der Waals surface area contributed by atoms with Gasteiger partial charge in [0.2, 0.25) is 0 Å². The Balaban J connectivity index is 0. The SMILES string of the molecule is N[SiH](N)N.[SiH4]. The van der Waals surface area contributed by atoms with Crippen LogP contribution in [0.15, 0.2) is 0 Å². The zero-order chi connectivity index (χ0) is 3.58. The maximum atomic E-state index is 4.81. The van der Waals surface area contributed by atoms with E-state index in [2.05, 4.69) is 0 Å². The van der Waals surface area contributed by atoms with Crippen LogP contribution in [0.4, 0.5) is 0 Å². The lowest BCUT2D eigenvalue weighted by Gasteiger charge is -1.79.